The minimum absolute atomic E-state index is 0.0417. The van der Waals surface area contributed by atoms with E-state index in [1.54, 1.807) is 4.90 Å². The van der Waals surface area contributed by atoms with Crippen LogP contribution < -0.4 is 4.72 Å². The number of carbonyl (C=O) groups excluding carboxylic acids is 1. The first kappa shape index (κ1) is 20.1. The second-order valence-electron chi connectivity index (χ2n) is 6.78. The second-order valence-corrected chi connectivity index (χ2v) is 8.90. The van der Waals surface area contributed by atoms with E-state index in [0.717, 1.165) is 18.6 Å². The Morgan fingerprint density at radius 3 is 2.72 bits per heavy atom. The molecular weight excluding hydrogens is 367 g/mol. The third-order valence-electron chi connectivity index (χ3n) is 4.29. The molecule has 140 valence electrons. The van der Waals surface area contributed by atoms with Gasteiger partial charge in [-0.15, -0.1) is 0 Å². The number of hydrogen-bond donors (Lipinski definition) is 1. The zero-order valence-electron chi connectivity index (χ0n) is 14.5. The highest BCUT2D eigenvalue weighted by molar-refractivity contribution is 7.89. The van der Waals surface area contributed by atoms with E-state index >= 15 is 0 Å². The summed E-state index contributed by atoms with van der Waals surface area (Å²) in [6.07, 6.45) is 2.12. The number of carbonyl (C=O) groups is 1. The number of sulfonamides is 1. The molecule has 0 aliphatic carbocycles. The van der Waals surface area contributed by atoms with Gasteiger partial charge in [0.1, 0.15) is 10.7 Å². The highest BCUT2D eigenvalue weighted by atomic mass is 35.5. The molecule has 1 fully saturated rings. The maximum Gasteiger partial charge on any atom is 0.243 e. The Labute approximate surface area is 153 Å². The maximum atomic E-state index is 13.9. The first-order valence-corrected chi connectivity index (χ1v) is 10.3. The normalized spacial score (nSPS) is 19.3. The van der Waals surface area contributed by atoms with E-state index in [1.807, 2.05) is 0 Å². The smallest absolute Gasteiger partial charge is 0.243 e. The summed E-state index contributed by atoms with van der Waals surface area (Å²) in [6, 6.07) is 3.06. The molecule has 0 radical (unpaired) electrons. The Bertz CT molecular complexity index is 725. The summed E-state index contributed by atoms with van der Waals surface area (Å²) < 4.78 is 41.3. The van der Waals surface area contributed by atoms with Crippen LogP contribution in [0.5, 0.6) is 0 Å². The summed E-state index contributed by atoms with van der Waals surface area (Å²) in [6.45, 7) is 5.38. The van der Waals surface area contributed by atoms with E-state index in [9.17, 15) is 17.6 Å². The van der Waals surface area contributed by atoms with E-state index < -0.39 is 26.8 Å². The quantitative estimate of drug-likeness (QED) is 0.811. The van der Waals surface area contributed by atoms with Crippen LogP contribution in [0.1, 0.15) is 39.5 Å². The van der Waals surface area contributed by atoms with Crippen molar-refractivity contribution in [3.63, 3.8) is 0 Å². The minimum Gasteiger partial charge on any atom is -0.343 e. The van der Waals surface area contributed by atoms with Gasteiger partial charge in [-0.2, -0.15) is 0 Å². The predicted molar refractivity (Wildman–Crippen MR) is 95.4 cm³/mol. The lowest BCUT2D eigenvalue weighted by atomic mass is 10.1. The standard InChI is InChI=1S/C17H24ClFN2O3S/c1-12(2)7-9-21-10-8-14(4-6-17(21)22)20-25(23,24)16-5-3-13(18)11-15(16)19/h3,5,11-12,14,20H,4,6-10H2,1-2H3. The molecule has 25 heavy (non-hydrogen) atoms. The molecule has 1 atom stereocenters. The van der Waals surface area contributed by atoms with E-state index in [-0.39, 0.29) is 17.4 Å². The fourth-order valence-corrected chi connectivity index (χ4v) is 4.30. The molecule has 5 nitrogen and oxygen atoms in total. The number of hydrogen-bond acceptors (Lipinski definition) is 3. The van der Waals surface area contributed by atoms with Crippen LogP contribution in [0.4, 0.5) is 4.39 Å². The number of rotatable bonds is 6. The van der Waals surface area contributed by atoms with Gasteiger partial charge in [0, 0.05) is 30.6 Å². The van der Waals surface area contributed by atoms with Gasteiger partial charge in [0.15, 0.2) is 0 Å². The van der Waals surface area contributed by atoms with Crippen molar-refractivity contribution in [1.82, 2.24) is 9.62 Å². The molecule has 0 bridgehead atoms. The number of halogens is 2. The van der Waals surface area contributed by atoms with E-state index in [0.29, 0.717) is 31.8 Å². The first-order valence-electron chi connectivity index (χ1n) is 8.44. The molecule has 1 amide bonds. The lowest BCUT2D eigenvalue weighted by molar-refractivity contribution is -0.130. The topological polar surface area (TPSA) is 66.5 Å². The van der Waals surface area contributed by atoms with Gasteiger partial charge in [-0.1, -0.05) is 25.4 Å². The van der Waals surface area contributed by atoms with E-state index in [2.05, 4.69) is 18.6 Å². The summed E-state index contributed by atoms with van der Waals surface area (Å²) in [5.41, 5.74) is 0. The zero-order chi connectivity index (χ0) is 18.6. The van der Waals surface area contributed by atoms with Crippen molar-refractivity contribution < 1.29 is 17.6 Å². The molecule has 1 heterocycles. The van der Waals surface area contributed by atoms with Crippen LogP contribution in [-0.2, 0) is 14.8 Å². The van der Waals surface area contributed by atoms with Crippen LogP contribution in [0.15, 0.2) is 23.1 Å². The molecule has 2 rings (SSSR count). The largest absolute Gasteiger partial charge is 0.343 e. The maximum absolute atomic E-state index is 13.9. The fraction of sp³-hybridized carbons (Fsp3) is 0.588. The van der Waals surface area contributed by atoms with Gasteiger partial charge in [-0.3, -0.25) is 4.79 Å². The van der Waals surface area contributed by atoms with Crippen LogP contribution >= 0.6 is 11.6 Å². The van der Waals surface area contributed by atoms with Crippen LogP contribution in [0.2, 0.25) is 5.02 Å². The van der Waals surface area contributed by atoms with Gasteiger partial charge in [0.25, 0.3) is 0 Å². The molecule has 1 unspecified atom stereocenters. The second kappa shape index (κ2) is 8.47. The van der Waals surface area contributed by atoms with Gasteiger partial charge in [-0.05, 0) is 43.4 Å². The Hall–Kier alpha value is -1.18. The number of amides is 1. The third-order valence-corrected chi connectivity index (χ3v) is 6.08. The third kappa shape index (κ3) is 5.66. The van der Waals surface area contributed by atoms with Crippen molar-refractivity contribution >= 4 is 27.5 Å². The molecule has 1 aliphatic heterocycles. The summed E-state index contributed by atoms with van der Waals surface area (Å²) in [4.78, 5) is 13.5. The van der Waals surface area contributed by atoms with Crippen molar-refractivity contribution in [3.05, 3.63) is 29.0 Å². The van der Waals surface area contributed by atoms with Crippen molar-refractivity contribution in [3.8, 4) is 0 Å². The Kier molecular flexibility index (Phi) is 6.82. The number of likely N-dealkylation sites (tertiary alicyclic amines) is 1. The summed E-state index contributed by atoms with van der Waals surface area (Å²) >= 11 is 5.67. The number of nitrogens with one attached hydrogen (secondary N) is 1. The molecule has 0 aromatic heterocycles. The van der Waals surface area contributed by atoms with Crippen molar-refractivity contribution in [1.29, 1.82) is 0 Å². The lowest BCUT2D eigenvalue weighted by Crippen LogP contribution is -2.36. The summed E-state index contributed by atoms with van der Waals surface area (Å²) in [5.74, 6) is -0.346. The molecule has 1 N–H and O–H groups in total. The average Bonchev–Trinajstić information content (AvgIpc) is 2.67. The van der Waals surface area contributed by atoms with Crippen molar-refractivity contribution in [2.75, 3.05) is 13.1 Å². The molecule has 1 aromatic rings. The molecule has 0 saturated carbocycles. The highest BCUT2D eigenvalue weighted by Crippen LogP contribution is 2.21. The van der Waals surface area contributed by atoms with Crippen LogP contribution in [-0.4, -0.2) is 38.4 Å². The van der Waals surface area contributed by atoms with Crippen LogP contribution in [0.25, 0.3) is 0 Å². The summed E-state index contributed by atoms with van der Waals surface area (Å²) in [7, 11) is -4.00. The van der Waals surface area contributed by atoms with Gasteiger partial charge < -0.3 is 4.90 Å². The molecule has 1 saturated heterocycles. The van der Waals surface area contributed by atoms with Crippen LogP contribution in [0.3, 0.4) is 0 Å². The van der Waals surface area contributed by atoms with Gasteiger partial charge in [0.2, 0.25) is 15.9 Å². The molecule has 1 aliphatic rings. The Balaban J connectivity index is 2.04. The molecule has 1 aromatic carbocycles. The minimum atomic E-state index is -4.00. The lowest BCUT2D eigenvalue weighted by Gasteiger charge is -2.22. The van der Waals surface area contributed by atoms with Crippen molar-refractivity contribution in [2.45, 2.75) is 50.5 Å². The first-order chi connectivity index (χ1) is 11.7. The zero-order valence-corrected chi connectivity index (χ0v) is 16.0. The van der Waals surface area contributed by atoms with Gasteiger partial charge in [-0.25, -0.2) is 17.5 Å². The Morgan fingerprint density at radius 2 is 2.08 bits per heavy atom. The summed E-state index contributed by atoms with van der Waals surface area (Å²) in [5, 5.41) is 0.136. The van der Waals surface area contributed by atoms with E-state index in [4.69, 9.17) is 11.6 Å². The number of benzene rings is 1. The monoisotopic (exact) mass is 390 g/mol. The fourth-order valence-electron chi connectivity index (χ4n) is 2.78. The highest BCUT2D eigenvalue weighted by Gasteiger charge is 2.27. The van der Waals surface area contributed by atoms with Crippen molar-refractivity contribution in [2.24, 2.45) is 5.92 Å². The molecule has 0 spiro atoms. The molecular formula is C17H24ClFN2O3S. The van der Waals surface area contributed by atoms with Crippen LogP contribution in [0, 0.1) is 11.7 Å². The predicted octanol–water partition coefficient (Wildman–Crippen LogP) is 3.18. The number of nitrogens with zero attached hydrogens (tertiary/aromatic N) is 1. The SMILES string of the molecule is CC(C)CCN1CCC(NS(=O)(=O)c2ccc(Cl)cc2F)CCC1=O. The van der Waals surface area contributed by atoms with E-state index in [1.165, 1.54) is 6.07 Å². The average molecular weight is 391 g/mol. The van der Waals surface area contributed by atoms with Gasteiger partial charge in [0.05, 0.1) is 0 Å². The van der Waals surface area contributed by atoms with Gasteiger partial charge >= 0.3 is 0 Å². The Morgan fingerprint density at radius 1 is 1.36 bits per heavy atom. The molecule has 8 heteroatoms.